The minimum absolute atomic E-state index is 0.755. The molecular formula is C15H23ClN2O. The first kappa shape index (κ1) is 14.6. The summed E-state index contributed by atoms with van der Waals surface area (Å²) >= 11 is 5.86. The number of benzene rings is 1. The lowest BCUT2D eigenvalue weighted by Crippen LogP contribution is -2.37. The predicted molar refractivity (Wildman–Crippen MR) is 81.0 cm³/mol. The van der Waals surface area contributed by atoms with Crippen LogP contribution in [0, 0.1) is 5.92 Å². The number of nitrogens with zero attached hydrogens (tertiary/aromatic N) is 1. The first-order valence-corrected chi connectivity index (χ1v) is 7.36. The predicted octanol–water partition coefficient (Wildman–Crippen LogP) is 3.11. The molecule has 19 heavy (non-hydrogen) atoms. The molecule has 1 N–H and O–H groups in total. The highest BCUT2D eigenvalue weighted by Crippen LogP contribution is 2.17. The zero-order valence-corrected chi connectivity index (χ0v) is 12.3. The normalized spacial score (nSPS) is 17.6. The number of likely N-dealkylation sites (tertiary alicyclic amines) is 1. The van der Waals surface area contributed by atoms with Crippen molar-refractivity contribution < 1.29 is 4.74 Å². The highest BCUT2D eigenvalue weighted by atomic mass is 35.5. The molecule has 0 atom stereocenters. The number of anilines is 1. The Balaban J connectivity index is 1.63. The molecule has 0 bridgehead atoms. The molecule has 1 aliphatic heterocycles. The fraction of sp³-hybridized carbons (Fsp3) is 0.600. The summed E-state index contributed by atoms with van der Waals surface area (Å²) in [6.07, 6.45) is 2.52. The van der Waals surface area contributed by atoms with Crippen molar-refractivity contribution in [3.8, 4) is 0 Å². The lowest BCUT2D eigenvalue weighted by atomic mass is 9.98. The third-order valence-corrected chi connectivity index (χ3v) is 3.96. The summed E-state index contributed by atoms with van der Waals surface area (Å²) in [4.78, 5) is 2.52. The van der Waals surface area contributed by atoms with Crippen LogP contribution in [-0.2, 0) is 4.74 Å². The molecular weight excluding hydrogens is 260 g/mol. The molecule has 4 heteroatoms. The number of rotatable bonds is 6. The molecule has 1 aliphatic rings. The second-order valence-electron chi connectivity index (χ2n) is 5.17. The van der Waals surface area contributed by atoms with Crippen LogP contribution in [0.3, 0.4) is 0 Å². The zero-order chi connectivity index (χ0) is 13.5. The Morgan fingerprint density at radius 2 is 1.95 bits per heavy atom. The molecule has 0 aliphatic carbocycles. The first-order valence-electron chi connectivity index (χ1n) is 6.98. The average Bonchev–Trinajstić information content (AvgIpc) is 2.43. The first-order chi connectivity index (χ1) is 9.28. The van der Waals surface area contributed by atoms with Crippen LogP contribution in [0.25, 0.3) is 0 Å². The Hall–Kier alpha value is -0.770. The summed E-state index contributed by atoms with van der Waals surface area (Å²) in [7, 11) is 1.79. The number of nitrogens with one attached hydrogen (secondary N) is 1. The molecule has 0 amide bonds. The van der Waals surface area contributed by atoms with E-state index in [2.05, 4.69) is 10.2 Å². The van der Waals surface area contributed by atoms with E-state index in [0.29, 0.717) is 0 Å². The molecule has 0 saturated carbocycles. The SMILES string of the molecule is COCC1CCN(CCNc2ccc(Cl)cc2)CC1. The molecule has 3 nitrogen and oxygen atoms in total. The van der Waals surface area contributed by atoms with Crippen molar-refractivity contribution in [1.29, 1.82) is 0 Å². The van der Waals surface area contributed by atoms with Gasteiger partial charge in [-0.2, -0.15) is 0 Å². The number of piperidine rings is 1. The molecule has 1 fully saturated rings. The fourth-order valence-corrected chi connectivity index (χ4v) is 2.66. The minimum Gasteiger partial charge on any atom is -0.384 e. The third-order valence-electron chi connectivity index (χ3n) is 3.71. The summed E-state index contributed by atoms with van der Waals surface area (Å²) in [5, 5.41) is 4.21. The molecule has 2 rings (SSSR count). The molecule has 0 spiro atoms. The monoisotopic (exact) mass is 282 g/mol. The lowest BCUT2D eigenvalue weighted by Gasteiger charge is -2.31. The Morgan fingerprint density at radius 1 is 1.26 bits per heavy atom. The molecule has 0 radical (unpaired) electrons. The van der Waals surface area contributed by atoms with E-state index in [1.807, 2.05) is 24.3 Å². The van der Waals surface area contributed by atoms with Crippen molar-refractivity contribution in [2.24, 2.45) is 5.92 Å². The number of hydrogen-bond acceptors (Lipinski definition) is 3. The van der Waals surface area contributed by atoms with E-state index in [1.54, 1.807) is 7.11 Å². The minimum atomic E-state index is 0.755. The van der Waals surface area contributed by atoms with Crippen LogP contribution in [0.15, 0.2) is 24.3 Å². The van der Waals surface area contributed by atoms with E-state index in [9.17, 15) is 0 Å². The topological polar surface area (TPSA) is 24.5 Å². The van der Waals surface area contributed by atoms with Gasteiger partial charge in [0.05, 0.1) is 0 Å². The lowest BCUT2D eigenvalue weighted by molar-refractivity contribution is 0.101. The smallest absolute Gasteiger partial charge is 0.0491 e. The summed E-state index contributed by atoms with van der Waals surface area (Å²) in [6.45, 7) is 5.38. The summed E-state index contributed by atoms with van der Waals surface area (Å²) in [5.41, 5.74) is 1.14. The van der Waals surface area contributed by atoms with Crippen LogP contribution in [0.4, 0.5) is 5.69 Å². The largest absolute Gasteiger partial charge is 0.384 e. The van der Waals surface area contributed by atoms with E-state index in [1.165, 1.54) is 25.9 Å². The van der Waals surface area contributed by atoms with Gasteiger partial charge in [0.1, 0.15) is 0 Å². The van der Waals surface area contributed by atoms with Crippen molar-refractivity contribution in [3.63, 3.8) is 0 Å². The van der Waals surface area contributed by atoms with E-state index >= 15 is 0 Å². The second kappa shape index (κ2) is 7.73. The zero-order valence-electron chi connectivity index (χ0n) is 11.6. The van der Waals surface area contributed by atoms with Crippen LogP contribution in [0.1, 0.15) is 12.8 Å². The number of halogens is 1. The molecule has 1 aromatic rings. The van der Waals surface area contributed by atoms with Gasteiger partial charge in [-0.05, 0) is 56.1 Å². The maximum Gasteiger partial charge on any atom is 0.0491 e. The van der Waals surface area contributed by atoms with Crippen LogP contribution in [-0.4, -0.2) is 44.8 Å². The van der Waals surface area contributed by atoms with Gasteiger partial charge in [-0.1, -0.05) is 11.6 Å². The van der Waals surface area contributed by atoms with Gasteiger partial charge in [0, 0.05) is 37.5 Å². The summed E-state index contributed by atoms with van der Waals surface area (Å²) in [6, 6.07) is 7.88. The van der Waals surface area contributed by atoms with Gasteiger partial charge in [-0.15, -0.1) is 0 Å². The van der Waals surface area contributed by atoms with E-state index < -0.39 is 0 Å². The quantitative estimate of drug-likeness (QED) is 0.868. The maximum absolute atomic E-state index is 5.86. The van der Waals surface area contributed by atoms with Crippen molar-refractivity contribution in [2.75, 3.05) is 45.2 Å². The number of methoxy groups -OCH3 is 1. The summed E-state index contributed by atoms with van der Waals surface area (Å²) in [5.74, 6) is 0.755. The van der Waals surface area contributed by atoms with Crippen molar-refractivity contribution in [3.05, 3.63) is 29.3 Å². The van der Waals surface area contributed by atoms with Crippen molar-refractivity contribution in [1.82, 2.24) is 4.90 Å². The fourth-order valence-electron chi connectivity index (χ4n) is 2.54. The molecule has 106 valence electrons. The third kappa shape index (κ3) is 5.01. The van der Waals surface area contributed by atoms with Crippen LogP contribution >= 0.6 is 11.6 Å². The van der Waals surface area contributed by atoms with Crippen molar-refractivity contribution in [2.45, 2.75) is 12.8 Å². The Bertz CT molecular complexity index is 361. The Kier molecular flexibility index (Phi) is 5.95. The molecule has 1 heterocycles. The molecule has 0 unspecified atom stereocenters. The molecule has 1 saturated heterocycles. The Labute approximate surface area is 120 Å². The van der Waals surface area contributed by atoms with Gasteiger partial charge in [0.25, 0.3) is 0 Å². The van der Waals surface area contributed by atoms with Crippen molar-refractivity contribution >= 4 is 17.3 Å². The van der Waals surface area contributed by atoms with Crippen LogP contribution in [0.5, 0.6) is 0 Å². The van der Waals surface area contributed by atoms with Gasteiger partial charge in [-0.3, -0.25) is 0 Å². The standard InChI is InChI=1S/C15H23ClN2O/c1-19-12-13-6-9-18(10-7-13)11-8-17-15-4-2-14(16)3-5-15/h2-5,13,17H,6-12H2,1H3. The maximum atomic E-state index is 5.86. The number of ether oxygens (including phenoxy) is 1. The van der Waals surface area contributed by atoms with E-state index in [-0.39, 0.29) is 0 Å². The molecule has 0 aromatic heterocycles. The van der Waals surface area contributed by atoms with Gasteiger partial charge < -0.3 is 15.0 Å². The van der Waals surface area contributed by atoms with Gasteiger partial charge >= 0.3 is 0 Å². The second-order valence-corrected chi connectivity index (χ2v) is 5.61. The Morgan fingerprint density at radius 3 is 2.58 bits per heavy atom. The van der Waals surface area contributed by atoms with Gasteiger partial charge in [-0.25, -0.2) is 0 Å². The van der Waals surface area contributed by atoms with Crippen LogP contribution in [0.2, 0.25) is 5.02 Å². The van der Waals surface area contributed by atoms with E-state index in [4.69, 9.17) is 16.3 Å². The molecule has 1 aromatic carbocycles. The van der Waals surface area contributed by atoms with Gasteiger partial charge in [0.2, 0.25) is 0 Å². The van der Waals surface area contributed by atoms with E-state index in [0.717, 1.165) is 36.3 Å². The average molecular weight is 283 g/mol. The highest BCUT2D eigenvalue weighted by Gasteiger charge is 2.18. The van der Waals surface area contributed by atoms with Gasteiger partial charge in [0.15, 0.2) is 0 Å². The number of hydrogen-bond donors (Lipinski definition) is 1. The van der Waals surface area contributed by atoms with Crippen LogP contribution < -0.4 is 5.32 Å². The summed E-state index contributed by atoms with van der Waals surface area (Å²) < 4.78 is 5.22. The highest BCUT2D eigenvalue weighted by molar-refractivity contribution is 6.30.